The fourth-order valence-corrected chi connectivity index (χ4v) is 2.35. The van der Waals surface area contributed by atoms with Crippen LogP contribution in [0.25, 0.3) is 0 Å². The molecule has 0 spiro atoms. The summed E-state index contributed by atoms with van der Waals surface area (Å²) in [5, 5.41) is 11.2. The van der Waals surface area contributed by atoms with E-state index in [1.54, 1.807) is 60.7 Å². The first-order valence-corrected chi connectivity index (χ1v) is 7.56. The summed E-state index contributed by atoms with van der Waals surface area (Å²) in [6.07, 6.45) is 0. The van der Waals surface area contributed by atoms with Gasteiger partial charge in [-0.2, -0.15) is 0 Å². The Hall–Kier alpha value is -2.36. The van der Waals surface area contributed by atoms with Crippen molar-refractivity contribution in [2.45, 2.75) is 0 Å². The molecule has 0 saturated carbocycles. The first kappa shape index (κ1) is 15.5. The Balaban J connectivity index is 1.93. The van der Waals surface area contributed by atoms with Gasteiger partial charge in [-0.1, -0.05) is 41.4 Å². The Morgan fingerprint density at radius 3 is 1.87 bits per heavy atom. The number of benzene rings is 3. The molecule has 3 aromatic carbocycles. The van der Waals surface area contributed by atoms with Crippen LogP contribution in [-0.4, -0.2) is 5.11 Å². The summed E-state index contributed by atoms with van der Waals surface area (Å²) in [7, 11) is 0. The zero-order valence-electron chi connectivity index (χ0n) is 11.9. The van der Waals surface area contributed by atoms with Gasteiger partial charge in [-0.25, -0.2) is 0 Å². The van der Waals surface area contributed by atoms with Gasteiger partial charge in [0.15, 0.2) is 11.5 Å². The van der Waals surface area contributed by atoms with Crippen LogP contribution in [0.3, 0.4) is 0 Å². The van der Waals surface area contributed by atoms with E-state index in [0.717, 1.165) is 0 Å². The van der Waals surface area contributed by atoms with Gasteiger partial charge >= 0.3 is 0 Å². The lowest BCUT2D eigenvalue weighted by molar-refractivity contribution is 0.381. The first-order valence-electron chi connectivity index (χ1n) is 6.80. The molecule has 116 valence electrons. The van der Waals surface area contributed by atoms with Crippen LogP contribution in [0.5, 0.6) is 28.7 Å². The third-order valence-electron chi connectivity index (χ3n) is 3.00. The first-order chi connectivity index (χ1) is 11.1. The van der Waals surface area contributed by atoms with Gasteiger partial charge in [0.25, 0.3) is 0 Å². The molecule has 0 unspecified atom stereocenters. The van der Waals surface area contributed by atoms with E-state index in [0.29, 0.717) is 27.3 Å². The quantitative estimate of drug-likeness (QED) is 0.603. The van der Waals surface area contributed by atoms with Gasteiger partial charge in [-0.05, 0) is 48.5 Å². The predicted octanol–water partition coefficient (Wildman–Crippen LogP) is 6.28. The number of hydrogen-bond acceptors (Lipinski definition) is 3. The van der Waals surface area contributed by atoms with E-state index in [-0.39, 0.29) is 11.5 Å². The van der Waals surface area contributed by atoms with Crippen molar-refractivity contribution in [2.24, 2.45) is 0 Å². The summed E-state index contributed by atoms with van der Waals surface area (Å²) in [6.45, 7) is 0. The number of aromatic hydroxyl groups is 1. The molecule has 0 saturated heterocycles. The molecule has 0 heterocycles. The Morgan fingerprint density at radius 1 is 0.696 bits per heavy atom. The van der Waals surface area contributed by atoms with Gasteiger partial charge in [0, 0.05) is 10.0 Å². The monoisotopic (exact) mass is 346 g/mol. The third-order valence-corrected chi connectivity index (χ3v) is 3.47. The van der Waals surface area contributed by atoms with Crippen LogP contribution >= 0.6 is 23.2 Å². The van der Waals surface area contributed by atoms with Gasteiger partial charge in [0.2, 0.25) is 5.75 Å². The van der Waals surface area contributed by atoms with Gasteiger partial charge in [-0.15, -0.1) is 0 Å². The second-order valence-corrected chi connectivity index (χ2v) is 5.60. The second-order valence-electron chi connectivity index (χ2n) is 4.72. The molecule has 0 aliphatic heterocycles. The average Bonchev–Trinajstić information content (AvgIpc) is 2.51. The van der Waals surface area contributed by atoms with E-state index in [1.807, 2.05) is 0 Å². The highest BCUT2D eigenvalue weighted by molar-refractivity contribution is 6.31. The van der Waals surface area contributed by atoms with Crippen LogP contribution in [0.2, 0.25) is 10.0 Å². The predicted molar refractivity (Wildman–Crippen MR) is 91.2 cm³/mol. The standard InChI is InChI=1S/C18H12Cl2O3/c19-12-4-1-6-14(10-12)22-17-9-3-8-16(21)18(17)23-15-7-2-5-13(20)11-15/h1-11,21H. The van der Waals surface area contributed by atoms with Crippen molar-refractivity contribution < 1.29 is 14.6 Å². The summed E-state index contributed by atoms with van der Waals surface area (Å²) in [6, 6.07) is 18.7. The zero-order valence-corrected chi connectivity index (χ0v) is 13.4. The fraction of sp³-hybridized carbons (Fsp3) is 0. The Kier molecular flexibility index (Phi) is 4.60. The smallest absolute Gasteiger partial charge is 0.211 e. The molecule has 0 atom stereocenters. The molecule has 0 aromatic heterocycles. The maximum absolute atomic E-state index is 10.1. The van der Waals surface area contributed by atoms with Crippen LogP contribution in [0.4, 0.5) is 0 Å². The van der Waals surface area contributed by atoms with Crippen molar-refractivity contribution >= 4 is 23.2 Å². The molecule has 3 aromatic rings. The molecule has 0 radical (unpaired) electrons. The van der Waals surface area contributed by atoms with Gasteiger partial charge in [-0.3, -0.25) is 0 Å². The lowest BCUT2D eigenvalue weighted by atomic mass is 10.2. The van der Waals surface area contributed by atoms with Crippen molar-refractivity contribution in [3.05, 3.63) is 76.8 Å². The van der Waals surface area contributed by atoms with Crippen molar-refractivity contribution in [2.75, 3.05) is 0 Å². The normalized spacial score (nSPS) is 10.3. The maximum Gasteiger partial charge on any atom is 0.211 e. The van der Waals surface area contributed by atoms with Crippen molar-refractivity contribution in [3.63, 3.8) is 0 Å². The van der Waals surface area contributed by atoms with Crippen molar-refractivity contribution in [3.8, 4) is 28.7 Å². The molecular weight excluding hydrogens is 335 g/mol. The van der Waals surface area contributed by atoms with Crippen molar-refractivity contribution in [1.29, 1.82) is 0 Å². The van der Waals surface area contributed by atoms with E-state index in [2.05, 4.69) is 0 Å². The largest absolute Gasteiger partial charge is 0.504 e. The van der Waals surface area contributed by atoms with Crippen LogP contribution in [-0.2, 0) is 0 Å². The number of rotatable bonds is 4. The van der Waals surface area contributed by atoms with E-state index >= 15 is 0 Å². The Morgan fingerprint density at radius 2 is 1.26 bits per heavy atom. The minimum Gasteiger partial charge on any atom is -0.504 e. The Labute approximate surface area is 143 Å². The molecule has 0 bridgehead atoms. The number of ether oxygens (including phenoxy) is 2. The topological polar surface area (TPSA) is 38.7 Å². The fourth-order valence-electron chi connectivity index (χ4n) is 1.99. The number of halogens is 2. The van der Waals surface area contributed by atoms with E-state index in [1.165, 1.54) is 6.07 Å². The lowest BCUT2D eigenvalue weighted by Crippen LogP contribution is -1.91. The van der Waals surface area contributed by atoms with E-state index in [4.69, 9.17) is 32.7 Å². The summed E-state index contributed by atoms with van der Waals surface area (Å²) in [4.78, 5) is 0. The lowest BCUT2D eigenvalue weighted by Gasteiger charge is -2.13. The average molecular weight is 347 g/mol. The number of para-hydroxylation sites is 1. The summed E-state index contributed by atoms with van der Waals surface area (Å²) < 4.78 is 11.5. The molecule has 0 aliphatic rings. The molecule has 0 amide bonds. The van der Waals surface area contributed by atoms with Crippen LogP contribution in [0.1, 0.15) is 0 Å². The second kappa shape index (κ2) is 6.82. The summed E-state index contributed by atoms with van der Waals surface area (Å²) >= 11 is 11.9. The molecule has 5 heteroatoms. The molecule has 23 heavy (non-hydrogen) atoms. The molecule has 0 aliphatic carbocycles. The minimum absolute atomic E-state index is 0.0375. The third kappa shape index (κ3) is 3.89. The summed E-state index contributed by atoms with van der Waals surface area (Å²) in [5.41, 5.74) is 0. The van der Waals surface area contributed by atoms with E-state index in [9.17, 15) is 5.11 Å². The number of phenolic OH excluding ortho intramolecular Hbond substituents is 1. The van der Waals surface area contributed by atoms with Gasteiger partial charge < -0.3 is 14.6 Å². The van der Waals surface area contributed by atoms with Gasteiger partial charge in [0.05, 0.1) is 0 Å². The zero-order chi connectivity index (χ0) is 16.2. The van der Waals surface area contributed by atoms with Crippen LogP contribution in [0, 0.1) is 0 Å². The van der Waals surface area contributed by atoms with E-state index < -0.39 is 0 Å². The van der Waals surface area contributed by atoms with Crippen LogP contribution in [0.15, 0.2) is 66.7 Å². The molecule has 3 nitrogen and oxygen atoms in total. The summed E-state index contributed by atoms with van der Waals surface area (Å²) in [5.74, 6) is 1.57. The van der Waals surface area contributed by atoms with Crippen molar-refractivity contribution in [1.82, 2.24) is 0 Å². The van der Waals surface area contributed by atoms with Crippen LogP contribution < -0.4 is 9.47 Å². The maximum atomic E-state index is 10.1. The molecule has 0 fully saturated rings. The molecule has 1 N–H and O–H groups in total. The SMILES string of the molecule is Oc1cccc(Oc2cccc(Cl)c2)c1Oc1cccc(Cl)c1. The molecule has 3 rings (SSSR count). The Bertz CT molecular complexity index is 834. The number of phenols is 1. The number of hydrogen-bond donors (Lipinski definition) is 1. The highest BCUT2D eigenvalue weighted by Gasteiger charge is 2.13. The highest BCUT2D eigenvalue weighted by atomic mass is 35.5. The highest BCUT2D eigenvalue weighted by Crippen LogP contribution is 2.41. The minimum atomic E-state index is -0.0375. The molecular formula is C18H12Cl2O3. The van der Waals surface area contributed by atoms with Gasteiger partial charge in [0.1, 0.15) is 11.5 Å².